The van der Waals surface area contributed by atoms with Gasteiger partial charge in [-0.25, -0.2) is 4.79 Å². The standard InChI is InChI=1S/C14H19NO3/c1-18-13-6-5-11(9-12(13)14(16)17)10-15-7-3-2-4-8-15/h5-6,9H,2-4,7-8,10H2,1H3,(H,16,17). The van der Waals surface area contributed by atoms with Crippen molar-refractivity contribution in [2.24, 2.45) is 0 Å². The molecule has 2 rings (SSSR count). The van der Waals surface area contributed by atoms with Gasteiger partial charge in [-0.05, 0) is 43.6 Å². The second-order valence-corrected chi connectivity index (χ2v) is 4.68. The van der Waals surface area contributed by atoms with E-state index in [9.17, 15) is 4.79 Å². The topological polar surface area (TPSA) is 49.8 Å². The Labute approximate surface area is 107 Å². The third-order valence-corrected chi connectivity index (χ3v) is 3.35. The van der Waals surface area contributed by atoms with Crippen molar-refractivity contribution in [2.75, 3.05) is 20.2 Å². The molecule has 1 aromatic rings. The van der Waals surface area contributed by atoms with Crippen LogP contribution in [0.25, 0.3) is 0 Å². The largest absolute Gasteiger partial charge is 0.496 e. The van der Waals surface area contributed by atoms with E-state index in [1.165, 1.54) is 26.4 Å². The molecular formula is C14H19NO3. The molecule has 18 heavy (non-hydrogen) atoms. The molecule has 0 amide bonds. The van der Waals surface area contributed by atoms with E-state index in [0.717, 1.165) is 25.2 Å². The lowest BCUT2D eigenvalue weighted by molar-refractivity contribution is 0.0693. The van der Waals surface area contributed by atoms with E-state index in [1.54, 1.807) is 12.1 Å². The average Bonchev–Trinajstić information content (AvgIpc) is 2.40. The van der Waals surface area contributed by atoms with Gasteiger partial charge in [-0.2, -0.15) is 0 Å². The van der Waals surface area contributed by atoms with Crippen LogP contribution in [0.1, 0.15) is 35.2 Å². The summed E-state index contributed by atoms with van der Waals surface area (Å²) in [5.74, 6) is -0.516. The number of rotatable bonds is 4. The molecule has 1 fully saturated rings. The van der Waals surface area contributed by atoms with Crippen LogP contribution in [-0.4, -0.2) is 36.2 Å². The summed E-state index contributed by atoms with van der Waals surface area (Å²) in [4.78, 5) is 13.5. The molecule has 4 heteroatoms. The Morgan fingerprint density at radius 3 is 2.67 bits per heavy atom. The van der Waals surface area contributed by atoms with Crippen LogP contribution < -0.4 is 4.74 Å². The molecule has 1 aromatic carbocycles. The fourth-order valence-corrected chi connectivity index (χ4v) is 2.40. The van der Waals surface area contributed by atoms with Crippen LogP contribution in [0.15, 0.2) is 18.2 Å². The number of carboxylic acid groups (broad SMARTS) is 1. The Balaban J connectivity index is 2.13. The minimum atomic E-state index is -0.938. The predicted molar refractivity (Wildman–Crippen MR) is 69.1 cm³/mol. The number of carboxylic acids is 1. The second-order valence-electron chi connectivity index (χ2n) is 4.68. The maximum Gasteiger partial charge on any atom is 0.339 e. The van der Waals surface area contributed by atoms with Crippen LogP contribution >= 0.6 is 0 Å². The van der Waals surface area contributed by atoms with Gasteiger partial charge >= 0.3 is 5.97 Å². The third kappa shape index (κ3) is 3.01. The summed E-state index contributed by atoms with van der Waals surface area (Å²) in [6.07, 6.45) is 3.78. The van der Waals surface area contributed by atoms with E-state index in [2.05, 4.69) is 4.90 Å². The van der Waals surface area contributed by atoms with Crippen molar-refractivity contribution in [1.82, 2.24) is 4.90 Å². The van der Waals surface area contributed by atoms with Gasteiger partial charge in [-0.15, -0.1) is 0 Å². The highest BCUT2D eigenvalue weighted by atomic mass is 16.5. The van der Waals surface area contributed by atoms with E-state index in [-0.39, 0.29) is 5.56 Å². The monoisotopic (exact) mass is 249 g/mol. The van der Waals surface area contributed by atoms with Crippen LogP contribution in [0.2, 0.25) is 0 Å². The van der Waals surface area contributed by atoms with E-state index in [1.807, 2.05) is 6.07 Å². The number of ether oxygens (including phenoxy) is 1. The van der Waals surface area contributed by atoms with E-state index < -0.39 is 5.97 Å². The number of benzene rings is 1. The van der Waals surface area contributed by atoms with Crippen LogP contribution in [0, 0.1) is 0 Å². The quantitative estimate of drug-likeness (QED) is 0.890. The third-order valence-electron chi connectivity index (χ3n) is 3.35. The predicted octanol–water partition coefficient (Wildman–Crippen LogP) is 2.38. The molecule has 0 bridgehead atoms. The summed E-state index contributed by atoms with van der Waals surface area (Å²) in [7, 11) is 1.49. The fourth-order valence-electron chi connectivity index (χ4n) is 2.40. The van der Waals surface area contributed by atoms with Crippen LogP contribution in [0.3, 0.4) is 0 Å². The summed E-state index contributed by atoms with van der Waals surface area (Å²) < 4.78 is 5.06. The molecule has 1 saturated heterocycles. The molecule has 4 nitrogen and oxygen atoms in total. The molecule has 98 valence electrons. The van der Waals surface area contributed by atoms with Gasteiger partial charge in [-0.1, -0.05) is 12.5 Å². The molecule has 0 saturated carbocycles. The zero-order chi connectivity index (χ0) is 13.0. The highest BCUT2D eigenvalue weighted by molar-refractivity contribution is 5.91. The minimum absolute atomic E-state index is 0.243. The molecule has 1 aliphatic rings. The van der Waals surface area contributed by atoms with Gasteiger partial charge in [0.05, 0.1) is 7.11 Å². The summed E-state index contributed by atoms with van der Waals surface area (Å²) in [5, 5.41) is 9.13. The zero-order valence-corrected chi connectivity index (χ0v) is 10.7. The number of likely N-dealkylation sites (tertiary alicyclic amines) is 1. The number of hydrogen-bond acceptors (Lipinski definition) is 3. The van der Waals surface area contributed by atoms with Gasteiger partial charge in [0.1, 0.15) is 11.3 Å². The van der Waals surface area contributed by atoms with Gasteiger partial charge in [0.2, 0.25) is 0 Å². The normalized spacial score (nSPS) is 16.5. The lowest BCUT2D eigenvalue weighted by Crippen LogP contribution is -2.29. The lowest BCUT2D eigenvalue weighted by Gasteiger charge is -2.26. The van der Waals surface area contributed by atoms with Crippen molar-refractivity contribution >= 4 is 5.97 Å². The second kappa shape index (κ2) is 5.87. The molecule has 1 heterocycles. The summed E-state index contributed by atoms with van der Waals surface area (Å²) in [5.41, 5.74) is 1.28. The van der Waals surface area contributed by atoms with Crippen LogP contribution in [0.4, 0.5) is 0 Å². The van der Waals surface area contributed by atoms with Crippen molar-refractivity contribution in [3.05, 3.63) is 29.3 Å². The number of methoxy groups -OCH3 is 1. The Kier molecular flexibility index (Phi) is 4.20. The van der Waals surface area contributed by atoms with Crippen molar-refractivity contribution in [3.63, 3.8) is 0 Å². The number of carbonyl (C=O) groups is 1. The van der Waals surface area contributed by atoms with Crippen LogP contribution in [-0.2, 0) is 6.54 Å². The number of hydrogen-bond donors (Lipinski definition) is 1. The first kappa shape index (κ1) is 12.9. The lowest BCUT2D eigenvalue weighted by atomic mass is 10.1. The van der Waals surface area contributed by atoms with Crippen LogP contribution in [0.5, 0.6) is 5.75 Å². The molecule has 1 aliphatic heterocycles. The first-order chi connectivity index (χ1) is 8.70. The Bertz CT molecular complexity index is 425. The van der Waals surface area contributed by atoms with Gasteiger partial charge in [0, 0.05) is 6.54 Å². The minimum Gasteiger partial charge on any atom is -0.496 e. The maximum absolute atomic E-state index is 11.1. The average molecular weight is 249 g/mol. The highest BCUT2D eigenvalue weighted by Gasteiger charge is 2.14. The Hall–Kier alpha value is -1.55. The first-order valence-electron chi connectivity index (χ1n) is 6.33. The number of aromatic carboxylic acids is 1. The Morgan fingerprint density at radius 2 is 2.06 bits per heavy atom. The van der Waals surface area contributed by atoms with Crippen molar-refractivity contribution < 1.29 is 14.6 Å². The van der Waals surface area contributed by atoms with Gasteiger partial charge in [0.25, 0.3) is 0 Å². The molecule has 0 aromatic heterocycles. The first-order valence-corrected chi connectivity index (χ1v) is 6.33. The van der Waals surface area contributed by atoms with Crippen molar-refractivity contribution in [2.45, 2.75) is 25.8 Å². The zero-order valence-electron chi connectivity index (χ0n) is 10.7. The number of nitrogens with zero attached hydrogens (tertiary/aromatic N) is 1. The smallest absolute Gasteiger partial charge is 0.339 e. The molecule has 0 aliphatic carbocycles. The van der Waals surface area contributed by atoms with E-state index in [4.69, 9.17) is 9.84 Å². The van der Waals surface area contributed by atoms with Gasteiger partial charge in [0.15, 0.2) is 0 Å². The molecule has 1 N–H and O–H groups in total. The molecule has 0 radical (unpaired) electrons. The number of piperidine rings is 1. The van der Waals surface area contributed by atoms with Crippen molar-refractivity contribution in [1.29, 1.82) is 0 Å². The Morgan fingerprint density at radius 1 is 1.33 bits per heavy atom. The van der Waals surface area contributed by atoms with Gasteiger partial charge in [-0.3, -0.25) is 4.90 Å². The molecular weight excluding hydrogens is 230 g/mol. The van der Waals surface area contributed by atoms with Gasteiger partial charge < -0.3 is 9.84 Å². The summed E-state index contributed by atoms with van der Waals surface area (Å²) in [6.45, 7) is 3.03. The summed E-state index contributed by atoms with van der Waals surface area (Å²) >= 11 is 0. The van der Waals surface area contributed by atoms with E-state index in [0.29, 0.717) is 5.75 Å². The maximum atomic E-state index is 11.1. The van der Waals surface area contributed by atoms with E-state index >= 15 is 0 Å². The fraction of sp³-hybridized carbons (Fsp3) is 0.500. The SMILES string of the molecule is COc1ccc(CN2CCCCC2)cc1C(=O)O. The highest BCUT2D eigenvalue weighted by Crippen LogP contribution is 2.21. The molecule has 0 unspecified atom stereocenters. The molecule has 0 spiro atoms. The summed E-state index contributed by atoms with van der Waals surface area (Å²) in [6, 6.07) is 5.40. The van der Waals surface area contributed by atoms with Crippen molar-refractivity contribution in [3.8, 4) is 5.75 Å². The molecule has 0 atom stereocenters.